The highest BCUT2D eigenvalue weighted by molar-refractivity contribution is 5.81. The van der Waals surface area contributed by atoms with Gasteiger partial charge in [0.1, 0.15) is 5.75 Å². The minimum Gasteiger partial charge on any atom is -0.481 e. The van der Waals surface area contributed by atoms with E-state index >= 15 is 0 Å². The van der Waals surface area contributed by atoms with Crippen molar-refractivity contribution in [2.75, 3.05) is 13.1 Å². The van der Waals surface area contributed by atoms with Crippen LogP contribution in [0.2, 0.25) is 0 Å². The molecule has 2 atom stereocenters. The number of amides is 2. The summed E-state index contributed by atoms with van der Waals surface area (Å²) in [5.74, 6) is 1.03. The van der Waals surface area contributed by atoms with Crippen molar-refractivity contribution in [1.29, 1.82) is 0 Å². The van der Waals surface area contributed by atoms with Gasteiger partial charge in [0.05, 0.1) is 6.04 Å². The molecule has 5 nitrogen and oxygen atoms in total. The van der Waals surface area contributed by atoms with E-state index in [2.05, 4.69) is 34.5 Å². The lowest BCUT2D eigenvalue weighted by atomic mass is 9.87. The quantitative estimate of drug-likeness (QED) is 0.616. The summed E-state index contributed by atoms with van der Waals surface area (Å²) in [5.41, 5.74) is 3.48. The van der Waals surface area contributed by atoms with Crippen LogP contribution in [0.5, 0.6) is 5.75 Å². The van der Waals surface area contributed by atoms with Crippen LogP contribution in [0.1, 0.15) is 75.1 Å². The van der Waals surface area contributed by atoms with Crippen molar-refractivity contribution in [3.8, 4) is 5.75 Å². The highest BCUT2D eigenvalue weighted by Gasteiger charge is 2.36. The molecule has 1 fully saturated rings. The molecule has 1 heterocycles. The summed E-state index contributed by atoms with van der Waals surface area (Å²) in [4.78, 5) is 28.1. The van der Waals surface area contributed by atoms with Gasteiger partial charge in [0.25, 0.3) is 5.91 Å². The second kappa shape index (κ2) is 10.9. The molecular weight excluding hydrogens is 412 g/mol. The Kier molecular flexibility index (Phi) is 7.69. The van der Waals surface area contributed by atoms with Gasteiger partial charge in [-0.15, -0.1) is 0 Å². The lowest BCUT2D eigenvalue weighted by Gasteiger charge is -2.39. The smallest absolute Gasteiger partial charge is 0.261 e. The van der Waals surface area contributed by atoms with E-state index in [0.29, 0.717) is 18.7 Å². The first kappa shape index (κ1) is 23.3. The van der Waals surface area contributed by atoms with E-state index in [1.807, 2.05) is 38.1 Å². The number of hydrogen-bond donors (Lipinski definition) is 1. The van der Waals surface area contributed by atoms with Crippen LogP contribution in [-0.2, 0) is 16.0 Å². The molecule has 1 aliphatic heterocycles. The van der Waals surface area contributed by atoms with Crippen LogP contribution in [0.25, 0.3) is 0 Å². The third kappa shape index (κ3) is 5.23. The number of hydrogen-bond acceptors (Lipinski definition) is 3. The fraction of sp³-hybridized carbons (Fsp3) is 0.500. The second-order valence-electron chi connectivity index (χ2n) is 9.24. The van der Waals surface area contributed by atoms with Crippen molar-refractivity contribution in [3.05, 3.63) is 65.2 Å². The zero-order valence-electron chi connectivity index (χ0n) is 19.9. The monoisotopic (exact) mass is 448 g/mol. The Bertz CT molecular complexity index is 953. The lowest BCUT2D eigenvalue weighted by molar-refractivity contribution is -0.137. The van der Waals surface area contributed by atoms with Gasteiger partial charge < -0.3 is 15.0 Å². The molecule has 0 radical (unpaired) electrons. The van der Waals surface area contributed by atoms with E-state index in [1.165, 1.54) is 5.56 Å². The fourth-order valence-electron chi connectivity index (χ4n) is 5.15. The molecule has 0 aromatic heterocycles. The summed E-state index contributed by atoms with van der Waals surface area (Å²) >= 11 is 0. The van der Waals surface area contributed by atoms with Crippen LogP contribution in [0.4, 0.5) is 0 Å². The Hall–Kier alpha value is -2.82. The summed E-state index contributed by atoms with van der Waals surface area (Å²) < 4.78 is 6.15. The number of nitrogens with one attached hydrogen (secondary N) is 1. The van der Waals surface area contributed by atoms with Gasteiger partial charge >= 0.3 is 0 Å². The van der Waals surface area contributed by atoms with E-state index in [0.717, 1.165) is 56.2 Å². The summed E-state index contributed by atoms with van der Waals surface area (Å²) in [6.45, 7) is 5.38. The third-order valence-electron chi connectivity index (χ3n) is 6.94. The number of nitrogens with zero attached hydrogens (tertiary/aromatic N) is 1. The number of carbonyl (C=O) groups excluding carboxylic acids is 2. The predicted molar refractivity (Wildman–Crippen MR) is 130 cm³/mol. The Morgan fingerprint density at radius 2 is 1.85 bits per heavy atom. The first-order valence-electron chi connectivity index (χ1n) is 12.5. The van der Waals surface area contributed by atoms with Gasteiger partial charge in [-0.2, -0.15) is 0 Å². The van der Waals surface area contributed by atoms with E-state index in [-0.39, 0.29) is 23.8 Å². The van der Waals surface area contributed by atoms with Crippen LogP contribution in [0, 0.1) is 5.92 Å². The molecule has 0 spiro atoms. The largest absolute Gasteiger partial charge is 0.481 e. The molecule has 2 aromatic rings. The summed E-state index contributed by atoms with van der Waals surface area (Å²) in [6.07, 6.45) is 6.10. The molecule has 2 aromatic carbocycles. The summed E-state index contributed by atoms with van der Waals surface area (Å²) in [6, 6.07) is 16.3. The molecule has 1 aliphatic carbocycles. The van der Waals surface area contributed by atoms with Gasteiger partial charge in [-0.1, -0.05) is 63.1 Å². The van der Waals surface area contributed by atoms with Gasteiger partial charge in [0.15, 0.2) is 6.10 Å². The fourth-order valence-corrected chi connectivity index (χ4v) is 5.15. The van der Waals surface area contributed by atoms with Crippen LogP contribution in [-0.4, -0.2) is 35.9 Å². The highest BCUT2D eigenvalue weighted by Crippen LogP contribution is 2.39. The van der Waals surface area contributed by atoms with E-state index in [9.17, 15) is 9.59 Å². The highest BCUT2D eigenvalue weighted by atomic mass is 16.5. The van der Waals surface area contributed by atoms with Gasteiger partial charge in [-0.25, -0.2) is 0 Å². The minimum absolute atomic E-state index is 0.0743. The molecule has 2 aliphatic rings. The van der Waals surface area contributed by atoms with E-state index in [1.54, 1.807) is 0 Å². The molecule has 1 saturated carbocycles. The average Bonchev–Trinajstić information content (AvgIpc) is 3.40. The van der Waals surface area contributed by atoms with Crippen molar-refractivity contribution in [3.63, 3.8) is 0 Å². The molecule has 0 bridgehead atoms. The zero-order valence-corrected chi connectivity index (χ0v) is 19.9. The van der Waals surface area contributed by atoms with Crippen LogP contribution >= 0.6 is 0 Å². The van der Waals surface area contributed by atoms with Crippen molar-refractivity contribution in [1.82, 2.24) is 10.2 Å². The van der Waals surface area contributed by atoms with Gasteiger partial charge in [-0.05, 0) is 60.9 Å². The first-order valence-corrected chi connectivity index (χ1v) is 12.5. The molecule has 0 saturated heterocycles. The maximum Gasteiger partial charge on any atom is 0.261 e. The van der Waals surface area contributed by atoms with Crippen molar-refractivity contribution in [2.45, 2.75) is 70.9 Å². The number of ether oxygens (including phenoxy) is 1. The molecule has 176 valence electrons. The van der Waals surface area contributed by atoms with E-state index < -0.39 is 6.10 Å². The maximum atomic E-state index is 13.5. The first-order chi connectivity index (χ1) is 16.1. The standard InChI is InChI=1S/C28H36N2O3/c1-3-17-29-27(31)25(4-2)33-23-15-14-20-16-18-30(28(32)22-12-8-9-13-22)26(24(20)19-23)21-10-6-5-7-11-21/h5-7,10-11,14-15,19,22,25-26H,3-4,8-9,12-13,16-18H2,1-2H3,(H,29,31)/t25-,26+/m1/s1. The number of carbonyl (C=O) groups is 2. The molecule has 2 amide bonds. The molecule has 5 heteroatoms. The number of rotatable bonds is 8. The van der Waals surface area contributed by atoms with Crippen molar-refractivity contribution < 1.29 is 14.3 Å². The Labute approximate surface area is 197 Å². The summed E-state index contributed by atoms with van der Waals surface area (Å²) in [7, 11) is 0. The topological polar surface area (TPSA) is 58.6 Å². The van der Waals surface area contributed by atoms with Gasteiger partial charge in [0.2, 0.25) is 5.91 Å². The average molecular weight is 449 g/mol. The molecule has 33 heavy (non-hydrogen) atoms. The second-order valence-corrected chi connectivity index (χ2v) is 9.24. The number of fused-ring (bicyclic) bond motifs is 1. The van der Waals surface area contributed by atoms with Crippen LogP contribution in [0.15, 0.2) is 48.5 Å². The molecule has 0 unspecified atom stereocenters. The third-order valence-corrected chi connectivity index (χ3v) is 6.94. The number of benzene rings is 2. The minimum atomic E-state index is -0.524. The van der Waals surface area contributed by atoms with E-state index in [4.69, 9.17) is 4.74 Å². The predicted octanol–water partition coefficient (Wildman–Crippen LogP) is 5.03. The normalized spacial score (nSPS) is 19.1. The van der Waals surface area contributed by atoms with Crippen LogP contribution in [0.3, 0.4) is 0 Å². The van der Waals surface area contributed by atoms with Crippen LogP contribution < -0.4 is 10.1 Å². The Morgan fingerprint density at radius 1 is 1.09 bits per heavy atom. The maximum absolute atomic E-state index is 13.5. The Morgan fingerprint density at radius 3 is 2.55 bits per heavy atom. The molecule has 4 rings (SSSR count). The zero-order chi connectivity index (χ0) is 23.2. The van der Waals surface area contributed by atoms with Gasteiger partial charge in [-0.3, -0.25) is 9.59 Å². The van der Waals surface area contributed by atoms with Crippen molar-refractivity contribution >= 4 is 11.8 Å². The molecule has 1 N–H and O–H groups in total. The molecular formula is C28H36N2O3. The van der Waals surface area contributed by atoms with Gasteiger partial charge in [0, 0.05) is 19.0 Å². The van der Waals surface area contributed by atoms with Crippen molar-refractivity contribution in [2.24, 2.45) is 5.92 Å². The SMILES string of the molecule is CCCNC(=O)[C@@H](CC)Oc1ccc2c(c1)[C@H](c1ccccc1)N(C(=O)C1CCCC1)CC2. The Balaban J connectivity index is 1.65. The lowest BCUT2D eigenvalue weighted by Crippen LogP contribution is -2.43. The summed E-state index contributed by atoms with van der Waals surface area (Å²) in [5, 5.41) is 2.94.